The third-order valence-electron chi connectivity index (χ3n) is 1.95. The van der Waals surface area contributed by atoms with Crippen LogP contribution >= 0.6 is 15.9 Å². The number of amides is 1. The van der Waals surface area contributed by atoms with Crippen LogP contribution in [0.25, 0.3) is 0 Å². The fourth-order valence-corrected chi connectivity index (χ4v) is 1.05. The zero-order valence-corrected chi connectivity index (χ0v) is 11.3. The van der Waals surface area contributed by atoms with E-state index >= 15 is 0 Å². The molecule has 0 aromatic carbocycles. The fraction of sp³-hybridized carbons (Fsp3) is 0.800. The summed E-state index contributed by atoms with van der Waals surface area (Å²) in [6, 6.07) is -0.598. The van der Waals surface area contributed by atoms with Gasteiger partial charge < -0.3 is 10.1 Å². The summed E-state index contributed by atoms with van der Waals surface area (Å²) in [7, 11) is 1.31. The molecule has 0 saturated carbocycles. The molecule has 1 N–H and O–H groups in total. The molecule has 0 aromatic heterocycles. The second-order valence-electron chi connectivity index (χ2n) is 4.19. The number of hydrogen-bond acceptors (Lipinski definition) is 3. The summed E-state index contributed by atoms with van der Waals surface area (Å²) in [5, 5.41) is 2.65. The van der Waals surface area contributed by atoms with E-state index in [0.717, 1.165) is 0 Å². The average molecular weight is 280 g/mol. The minimum absolute atomic E-state index is 0.00347. The van der Waals surface area contributed by atoms with Gasteiger partial charge in [0.15, 0.2) is 0 Å². The van der Waals surface area contributed by atoms with Crippen LogP contribution in [-0.2, 0) is 14.3 Å². The summed E-state index contributed by atoms with van der Waals surface area (Å²) in [5.41, 5.74) is 0. The van der Waals surface area contributed by atoms with Crippen LogP contribution in [0, 0.1) is 5.92 Å². The third kappa shape index (κ3) is 4.64. The van der Waals surface area contributed by atoms with E-state index in [2.05, 4.69) is 26.0 Å². The van der Waals surface area contributed by atoms with Gasteiger partial charge in [-0.1, -0.05) is 29.8 Å². The number of halogens is 1. The maximum atomic E-state index is 11.6. The van der Waals surface area contributed by atoms with Crippen molar-refractivity contribution in [2.75, 3.05) is 7.11 Å². The van der Waals surface area contributed by atoms with E-state index in [9.17, 15) is 9.59 Å². The Kier molecular flexibility index (Phi) is 5.28. The Bertz CT molecular complexity index is 246. The second kappa shape index (κ2) is 5.49. The molecule has 15 heavy (non-hydrogen) atoms. The first-order valence-corrected chi connectivity index (χ1v) is 5.57. The standard InChI is InChI=1S/C10H18BrNO3/c1-6(2)7(8(13)15-5)12-9(14)10(3,4)11/h6-7H,1-5H3,(H,12,14). The molecule has 0 fully saturated rings. The van der Waals surface area contributed by atoms with E-state index in [1.54, 1.807) is 13.8 Å². The maximum absolute atomic E-state index is 11.6. The highest BCUT2D eigenvalue weighted by atomic mass is 79.9. The largest absolute Gasteiger partial charge is 0.467 e. The lowest BCUT2D eigenvalue weighted by atomic mass is 10.0. The minimum atomic E-state index is -0.686. The number of rotatable bonds is 4. The molecule has 1 amide bonds. The van der Waals surface area contributed by atoms with Gasteiger partial charge in [-0.15, -0.1) is 0 Å². The van der Waals surface area contributed by atoms with Gasteiger partial charge in [-0.25, -0.2) is 4.79 Å². The Hall–Kier alpha value is -0.580. The Morgan fingerprint density at radius 1 is 1.33 bits per heavy atom. The van der Waals surface area contributed by atoms with Crippen LogP contribution in [0.15, 0.2) is 0 Å². The van der Waals surface area contributed by atoms with Crippen molar-refractivity contribution in [2.24, 2.45) is 5.92 Å². The first-order valence-electron chi connectivity index (χ1n) is 4.77. The molecule has 0 aliphatic carbocycles. The lowest BCUT2D eigenvalue weighted by Gasteiger charge is -2.23. The van der Waals surface area contributed by atoms with Crippen molar-refractivity contribution in [1.82, 2.24) is 5.32 Å². The molecule has 0 spiro atoms. The monoisotopic (exact) mass is 279 g/mol. The van der Waals surface area contributed by atoms with Gasteiger partial charge in [0.1, 0.15) is 6.04 Å². The van der Waals surface area contributed by atoms with E-state index < -0.39 is 16.3 Å². The summed E-state index contributed by atoms with van der Waals surface area (Å²) in [4.78, 5) is 23.0. The molecule has 0 rings (SSSR count). The number of ether oxygens (including phenoxy) is 1. The van der Waals surface area contributed by atoms with Crippen molar-refractivity contribution in [3.8, 4) is 0 Å². The topological polar surface area (TPSA) is 55.4 Å². The molecule has 0 bridgehead atoms. The van der Waals surface area contributed by atoms with Crippen LogP contribution in [0.5, 0.6) is 0 Å². The number of carbonyl (C=O) groups is 2. The summed E-state index contributed by atoms with van der Waals surface area (Å²) in [6.07, 6.45) is 0. The van der Waals surface area contributed by atoms with Crippen LogP contribution in [0.2, 0.25) is 0 Å². The maximum Gasteiger partial charge on any atom is 0.328 e. The van der Waals surface area contributed by atoms with Crippen molar-refractivity contribution in [1.29, 1.82) is 0 Å². The number of alkyl halides is 1. The zero-order valence-electron chi connectivity index (χ0n) is 9.76. The molecule has 1 atom stereocenters. The number of hydrogen-bond donors (Lipinski definition) is 1. The van der Waals surface area contributed by atoms with Crippen LogP contribution in [0.4, 0.5) is 0 Å². The number of esters is 1. The van der Waals surface area contributed by atoms with Gasteiger partial charge in [-0.3, -0.25) is 4.79 Å². The molecular formula is C10H18BrNO3. The van der Waals surface area contributed by atoms with E-state index in [-0.39, 0.29) is 11.8 Å². The molecule has 4 nitrogen and oxygen atoms in total. The lowest BCUT2D eigenvalue weighted by molar-refractivity contribution is -0.146. The summed E-state index contributed by atoms with van der Waals surface area (Å²) in [5.74, 6) is -0.655. The Morgan fingerprint density at radius 3 is 2.07 bits per heavy atom. The zero-order chi connectivity index (χ0) is 12.2. The third-order valence-corrected chi connectivity index (χ3v) is 2.31. The quantitative estimate of drug-likeness (QED) is 0.626. The van der Waals surface area contributed by atoms with Crippen molar-refractivity contribution in [3.63, 3.8) is 0 Å². The minimum Gasteiger partial charge on any atom is -0.467 e. The molecular weight excluding hydrogens is 262 g/mol. The van der Waals surface area contributed by atoms with Crippen molar-refractivity contribution in [3.05, 3.63) is 0 Å². The van der Waals surface area contributed by atoms with E-state index in [1.165, 1.54) is 7.11 Å². The summed E-state index contributed by atoms with van der Waals surface area (Å²) < 4.78 is 3.93. The highest BCUT2D eigenvalue weighted by Crippen LogP contribution is 2.16. The summed E-state index contributed by atoms with van der Waals surface area (Å²) in [6.45, 7) is 7.14. The van der Waals surface area contributed by atoms with Gasteiger partial charge >= 0.3 is 5.97 Å². The highest BCUT2D eigenvalue weighted by molar-refractivity contribution is 9.10. The molecule has 88 valence electrons. The van der Waals surface area contributed by atoms with Crippen molar-refractivity contribution < 1.29 is 14.3 Å². The first-order chi connectivity index (χ1) is 6.70. The fourth-order valence-electron chi connectivity index (χ4n) is 0.938. The van der Waals surface area contributed by atoms with E-state index in [4.69, 9.17) is 0 Å². The molecule has 0 aliphatic heterocycles. The Morgan fingerprint density at radius 2 is 1.80 bits per heavy atom. The van der Waals surface area contributed by atoms with Crippen LogP contribution in [-0.4, -0.2) is 29.4 Å². The van der Waals surface area contributed by atoms with Crippen LogP contribution in [0.3, 0.4) is 0 Å². The smallest absolute Gasteiger partial charge is 0.328 e. The molecule has 0 aliphatic rings. The second-order valence-corrected chi connectivity index (χ2v) is 6.17. The first kappa shape index (κ1) is 14.4. The Labute approximate surface area is 98.9 Å². The van der Waals surface area contributed by atoms with Gasteiger partial charge in [0.2, 0.25) is 5.91 Å². The number of carbonyl (C=O) groups excluding carboxylic acids is 2. The van der Waals surface area contributed by atoms with Gasteiger partial charge in [-0.05, 0) is 19.8 Å². The number of methoxy groups -OCH3 is 1. The molecule has 0 saturated heterocycles. The van der Waals surface area contributed by atoms with Crippen LogP contribution < -0.4 is 5.32 Å². The summed E-state index contributed by atoms with van der Waals surface area (Å²) >= 11 is 3.23. The van der Waals surface area contributed by atoms with Gasteiger partial charge in [0.25, 0.3) is 0 Å². The predicted octanol–water partition coefficient (Wildman–Crippen LogP) is 1.47. The van der Waals surface area contributed by atoms with Crippen molar-refractivity contribution in [2.45, 2.75) is 38.1 Å². The predicted molar refractivity (Wildman–Crippen MR) is 61.8 cm³/mol. The van der Waals surface area contributed by atoms with E-state index in [0.29, 0.717) is 0 Å². The average Bonchev–Trinajstić information content (AvgIpc) is 2.10. The lowest BCUT2D eigenvalue weighted by Crippen LogP contribution is -2.50. The highest BCUT2D eigenvalue weighted by Gasteiger charge is 2.30. The van der Waals surface area contributed by atoms with Gasteiger partial charge in [0, 0.05) is 0 Å². The van der Waals surface area contributed by atoms with Gasteiger partial charge in [-0.2, -0.15) is 0 Å². The molecule has 0 aromatic rings. The molecule has 5 heteroatoms. The molecule has 0 radical (unpaired) electrons. The molecule has 1 unspecified atom stereocenters. The normalized spacial score (nSPS) is 13.5. The molecule has 0 heterocycles. The Balaban J connectivity index is 4.57. The number of nitrogens with one attached hydrogen (secondary N) is 1. The van der Waals surface area contributed by atoms with Crippen molar-refractivity contribution >= 4 is 27.8 Å². The van der Waals surface area contributed by atoms with Crippen LogP contribution in [0.1, 0.15) is 27.7 Å². The SMILES string of the molecule is COC(=O)C(NC(=O)C(C)(C)Br)C(C)C. The van der Waals surface area contributed by atoms with E-state index in [1.807, 2.05) is 13.8 Å². The van der Waals surface area contributed by atoms with Gasteiger partial charge in [0.05, 0.1) is 11.4 Å².